The second-order valence-electron chi connectivity index (χ2n) is 6.53. The van der Waals surface area contributed by atoms with Crippen LogP contribution in [0.15, 0.2) is 30.3 Å². The second-order valence-corrected chi connectivity index (χ2v) is 6.53. The molecule has 1 fully saturated rings. The van der Waals surface area contributed by atoms with Crippen LogP contribution in [0.2, 0.25) is 0 Å². The van der Waals surface area contributed by atoms with Crippen LogP contribution < -0.4 is 10.2 Å². The first kappa shape index (κ1) is 15.8. The van der Waals surface area contributed by atoms with Crippen molar-refractivity contribution in [2.45, 2.75) is 40.0 Å². The van der Waals surface area contributed by atoms with Gasteiger partial charge in [-0.2, -0.15) is 0 Å². The average Bonchev–Trinajstić information content (AvgIpc) is 2.55. The quantitative estimate of drug-likeness (QED) is 0.912. The molecule has 0 spiro atoms. The third kappa shape index (κ3) is 4.01. The maximum Gasteiger partial charge on any atom is 0.136 e. The molecule has 1 N–H and O–H groups in total. The first-order valence-electron chi connectivity index (χ1n) is 8.60. The average molecular weight is 310 g/mol. The van der Waals surface area contributed by atoms with Gasteiger partial charge in [0.05, 0.1) is 0 Å². The van der Waals surface area contributed by atoms with Crippen LogP contribution >= 0.6 is 0 Å². The third-order valence-corrected chi connectivity index (χ3v) is 4.44. The van der Waals surface area contributed by atoms with Crippen LogP contribution in [0.25, 0.3) is 0 Å². The number of nitrogens with one attached hydrogen (secondary N) is 1. The number of anilines is 3. The van der Waals surface area contributed by atoms with Gasteiger partial charge in [0, 0.05) is 24.8 Å². The molecular weight excluding hydrogens is 284 g/mol. The second kappa shape index (κ2) is 6.99. The fourth-order valence-corrected chi connectivity index (χ4v) is 3.15. The molecule has 1 saturated heterocycles. The Morgan fingerprint density at radius 3 is 2.70 bits per heavy atom. The molecule has 3 rings (SSSR count). The number of piperidine rings is 1. The van der Waals surface area contributed by atoms with Gasteiger partial charge in [0.1, 0.15) is 17.5 Å². The summed E-state index contributed by atoms with van der Waals surface area (Å²) in [5.41, 5.74) is 2.41. The predicted octanol–water partition coefficient (Wildman–Crippen LogP) is 4.33. The molecule has 0 amide bonds. The van der Waals surface area contributed by atoms with Crippen molar-refractivity contribution in [3.63, 3.8) is 0 Å². The molecule has 1 aromatic carbocycles. The minimum Gasteiger partial charge on any atom is -0.356 e. The molecule has 122 valence electrons. The summed E-state index contributed by atoms with van der Waals surface area (Å²) in [6.07, 6.45) is 3.62. The molecule has 23 heavy (non-hydrogen) atoms. The van der Waals surface area contributed by atoms with Crippen molar-refractivity contribution >= 4 is 17.3 Å². The zero-order valence-corrected chi connectivity index (χ0v) is 14.3. The van der Waals surface area contributed by atoms with E-state index in [2.05, 4.69) is 64.4 Å². The zero-order valence-electron chi connectivity index (χ0n) is 14.3. The number of hydrogen-bond donors (Lipinski definition) is 1. The van der Waals surface area contributed by atoms with Gasteiger partial charge in [-0.15, -0.1) is 0 Å². The minimum absolute atomic E-state index is 0.733. The van der Waals surface area contributed by atoms with Gasteiger partial charge in [0.15, 0.2) is 0 Å². The SMILES string of the molecule is CCc1ccc(Nc2cc(N3CCCC(C)C3)nc(C)n2)cc1. The van der Waals surface area contributed by atoms with E-state index in [-0.39, 0.29) is 0 Å². The monoisotopic (exact) mass is 310 g/mol. The molecule has 1 aliphatic rings. The van der Waals surface area contributed by atoms with Crippen LogP contribution in [0.4, 0.5) is 17.3 Å². The van der Waals surface area contributed by atoms with Gasteiger partial charge in [-0.1, -0.05) is 26.0 Å². The van der Waals surface area contributed by atoms with E-state index < -0.39 is 0 Å². The highest BCUT2D eigenvalue weighted by atomic mass is 15.2. The van der Waals surface area contributed by atoms with E-state index in [4.69, 9.17) is 0 Å². The topological polar surface area (TPSA) is 41.0 Å². The minimum atomic E-state index is 0.733. The van der Waals surface area contributed by atoms with Crippen molar-refractivity contribution in [3.05, 3.63) is 41.7 Å². The van der Waals surface area contributed by atoms with E-state index in [1.165, 1.54) is 18.4 Å². The van der Waals surface area contributed by atoms with Crippen LogP contribution in [0.5, 0.6) is 0 Å². The molecule has 0 aliphatic carbocycles. The van der Waals surface area contributed by atoms with E-state index in [1.54, 1.807) is 0 Å². The van der Waals surface area contributed by atoms with Crippen molar-refractivity contribution in [1.82, 2.24) is 9.97 Å². The summed E-state index contributed by atoms with van der Waals surface area (Å²) in [4.78, 5) is 11.6. The summed E-state index contributed by atoms with van der Waals surface area (Å²) >= 11 is 0. The fraction of sp³-hybridized carbons (Fsp3) is 0.474. The van der Waals surface area contributed by atoms with Crippen molar-refractivity contribution < 1.29 is 0 Å². The largest absolute Gasteiger partial charge is 0.356 e. The highest BCUT2D eigenvalue weighted by Gasteiger charge is 2.18. The summed E-state index contributed by atoms with van der Waals surface area (Å²) in [6, 6.07) is 10.6. The fourth-order valence-electron chi connectivity index (χ4n) is 3.15. The first-order chi connectivity index (χ1) is 11.1. The molecule has 2 aromatic rings. The Balaban J connectivity index is 1.79. The normalized spacial score (nSPS) is 18.0. The maximum absolute atomic E-state index is 4.64. The highest BCUT2D eigenvalue weighted by molar-refractivity contribution is 5.60. The Labute approximate surface area is 139 Å². The molecule has 1 aliphatic heterocycles. The van der Waals surface area contributed by atoms with Gasteiger partial charge in [-0.05, 0) is 49.8 Å². The molecule has 0 bridgehead atoms. The standard InChI is InChI=1S/C19H26N4/c1-4-16-7-9-17(10-8-16)22-18-12-19(21-15(3)20-18)23-11-5-6-14(2)13-23/h7-10,12,14H,4-6,11,13H2,1-3H3,(H,20,21,22). The zero-order chi connectivity index (χ0) is 16.2. The Bertz CT molecular complexity index is 651. The molecule has 1 aromatic heterocycles. The lowest BCUT2D eigenvalue weighted by Gasteiger charge is -2.32. The molecule has 1 atom stereocenters. The van der Waals surface area contributed by atoms with Crippen LogP contribution in [0, 0.1) is 12.8 Å². The lowest BCUT2D eigenvalue weighted by Crippen LogP contribution is -2.35. The maximum atomic E-state index is 4.64. The highest BCUT2D eigenvalue weighted by Crippen LogP contribution is 2.24. The van der Waals surface area contributed by atoms with Crippen molar-refractivity contribution in [1.29, 1.82) is 0 Å². The number of rotatable bonds is 4. The van der Waals surface area contributed by atoms with Crippen molar-refractivity contribution in [2.75, 3.05) is 23.3 Å². The van der Waals surface area contributed by atoms with Crippen molar-refractivity contribution in [3.8, 4) is 0 Å². The molecular formula is C19H26N4. The molecule has 0 saturated carbocycles. The number of benzene rings is 1. The summed E-state index contributed by atoms with van der Waals surface area (Å²) < 4.78 is 0. The van der Waals surface area contributed by atoms with Gasteiger partial charge in [-0.3, -0.25) is 0 Å². The smallest absolute Gasteiger partial charge is 0.136 e. The summed E-state index contributed by atoms with van der Waals surface area (Å²) in [6.45, 7) is 8.62. The van der Waals surface area contributed by atoms with Gasteiger partial charge in [0.25, 0.3) is 0 Å². The summed E-state index contributed by atoms with van der Waals surface area (Å²) in [5.74, 6) is 3.46. The van der Waals surface area contributed by atoms with Crippen LogP contribution in [-0.2, 0) is 6.42 Å². The van der Waals surface area contributed by atoms with Gasteiger partial charge in [-0.25, -0.2) is 9.97 Å². The summed E-state index contributed by atoms with van der Waals surface area (Å²) in [5, 5.41) is 3.41. The van der Waals surface area contributed by atoms with E-state index in [1.807, 2.05) is 6.92 Å². The van der Waals surface area contributed by atoms with Crippen LogP contribution in [-0.4, -0.2) is 23.1 Å². The van der Waals surface area contributed by atoms with Gasteiger partial charge >= 0.3 is 0 Å². The van der Waals surface area contributed by atoms with Gasteiger partial charge in [0.2, 0.25) is 0 Å². The van der Waals surface area contributed by atoms with E-state index in [0.717, 1.165) is 48.6 Å². The molecule has 4 nitrogen and oxygen atoms in total. The van der Waals surface area contributed by atoms with E-state index in [9.17, 15) is 0 Å². The van der Waals surface area contributed by atoms with Gasteiger partial charge < -0.3 is 10.2 Å². The molecule has 2 heterocycles. The summed E-state index contributed by atoms with van der Waals surface area (Å²) in [7, 11) is 0. The number of aryl methyl sites for hydroxylation is 2. The molecule has 0 radical (unpaired) electrons. The third-order valence-electron chi connectivity index (χ3n) is 4.44. The number of aromatic nitrogens is 2. The molecule has 1 unspecified atom stereocenters. The Morgan fingerprint density at radius 2 is 2.00 bits per heavy atom. The van der Waals surface area contributed by atoms with Crippen LogP contribution in [0.3, 0.4) is 0 Å². The predicted molar refractivity (Wildman–Crippen MR) is 96.5 cm³/mol. The Hall–Kier alpha value is -2.10. The lowest BCUT2D eigenvalue weighted by atomic mass is 10.0. The van der Waals surface area contributed by atoms with E-state index in [0.29, 0.717) is 0 Å². The Morgan fingerprint density at radius 1 is 1.22 bits per heavy atom. The lowest BCUT2D eigenvalue weighted by molar-refractivity contribution is 0.444. The van der Waals surface area contributed by atoms with Crippen LogP contribution in [0.1, 0.15) is 38.1 Å². The van der Waals surface area contributed by atoms with Crippen molar-refractivity contribution in [2.24, 2.45) is 5.92 Å². The number of nitrogens with zero attached hydrogens (tertiary/aromatic N) is 3. The number of hydrogen-bond acceptors (Lipinski definition) is 4. The Kier molecular flexibility index (Phi) is 4.79. The molecule has 4 heteroatoms. The van der Waals surface area contributed by atoms with E-state index >= 15 is 0 Å². The first-order valence-corrected chi connectivity index (χ1v) is 8.60.